The summed E-state index contributed by atoms with van der Waals surface area (Å²) in [4.78, 5) is 16.7. The lowest BCUT2D eigenvalue weighted by atomic mass is 10.1. The Hall–Kier alpha value is -2.21. The third kappa shape index (κ3) is 4.37. The molecule has 1 saturated heterocycles. The van der Waals surface area contributed by atoms with Crippen molar-refractivity contribution in [1.29, 1.82) is 5.26 Å². The number of sulfonamides is 1. The zero-order valence-electron chi connectivity index (χ0n) is 16.7. The smallest absolute Gasteiger partial charge is 0.264 e. The van der Waals surface area contributed by atoms with Crippen LogP contribution >= 0.6 is 11.3 Å². The Bertz CT molecular complexity index is 1030. The second-order valence-corrected chi connectivity index (χ2v) is 10.0. The van der Waals surface area contributed by atoms with Gasteiger partial charge in [-0.1, -0.05) is 32.4 Å². The van der Waals surface area contributed by atoms with Crippen LogP contribution in [0, 0.1) is 11.3 Å². The molecule has 0 saturated carbocycles. The molecule has 29 heavy (non-hydrogen) atoms. The third-order valence-electron chi connectivity index (χ3n) is 5.12. The monoisotopic (exact) mass is 431 g/mol. The summed E-state index contributed by atoms with van der Waals surface area (Å²) in [5.74, 6) is -0.0264. The normalized spacial score (nSPS) is 15.3. The summed E-state index contributed by atoms with van der Waals surface area (Å²) in [7, 11) is -3.76. The zero-order valence-corrected chi connectivity index (χ0v) is 18.4. The van der Waals surface area contributed by atoms with Crippen molar-refractivity contribution in [2.75, 3.05) is 26.2 Å². The molecule has 2 heterocycles. The molecular formula is C21H25N3O3S2. The second-order valence-electron chi connectivity index (χ2n) is 6.97. The van der Waals surface area contributed by atoms with E-state index in [1.54, 1.807) is 28.4 Å². The minimum Gasteiger partial charge on any atom is -0.335 e. The van der Waals surface area contributed by atoms with Gasteiger partial charge in [0.2, 0.25) is 10.0 Å². The molecule has 0 atom stereocenters. The number of nitrogens with zero attached hydrogens (tertiary/aromatic N) is 3. The Kier molecular flexibility index (Phi) is 6.73. The molecular weight excluding hydrogens is 406 g/mol. The third-order valence-corrected chi connectivity index (χ3v) is 8.30. The highest BCUT2D eigenvalue weighted by atomic mass is 32.2. The lowest BCUT2D eigenvalue weighted by Crippen LogP contribution is -2.50. The minimum absolute atomic E-state index is 0.0253. The average molecular weight is 432 g/mol. The molecule has 6 nitrogen and oxygen atoms in total. The number of hydrogen-bond donors (Lipinski definition) is 0. The van der Waals surface area contributed by atoms with Gasteiger partial charge in [-0.25, -0.2) is 8.42 Å². The van der Waals surface area contributed by atoms with Gasteiger partial charge in [0.1, 0.15) is 6.07 Å². The fraction of sp³-hybridized carbons (Fsp3) is 0.429. The summed E-state index contributed by atoms with van der Waals surface area (Å²) >= 11 is 1.56. The van der Waals surface area contributed by atoms with Crippen molar-refractivity contribution in [1.82, 2.24) is 9.21 Å². The van der Waals surface area contributed by atoms with Gasteiger partial charge in [-0.05, 0) is 36.6 Å². The Morgan fingerprint density at radius 3 is 2.48 bits per heavy atom. The maximum absolute atomic E-state index is 12.9. The van der Waals surface area contributed by atoms with Crippen LogP contribution in [0.25, 0.3) is 0 Å². The second kappa shape index (κ2) is 9.08. The first kappa shape index (κ1) is 21.5. The topological polar surface area (TPSA) is 81.5 Å². The molecule has 0 N–H and O–H groups in total. The van der Waals surface area contributed by atoms with Gasteiger partial charge in [0.05, 0.1) is 15.3 Å². The van der Waals surface area contributed by atoms with E-state index in [1.807, 2.05) is 12.1 Å². The van der Waals surface area contributed by atoms with E-state index in [4.69, 9.17) is 0 Å². The Morgan fingerprint density at radius 1 is 1.17 bits per heavy atom. The molecule has 0 radical (unpaired) electrons. The molecule has 154 valence electrons. The summed E-state index contributed by atoms with van der Waals surface area (Å²) in [6.45, 7) is 5.36. The molecule has 2 aromatic rings. The fourth-order valence-corrected chi connectivity index (χ4v) is 6.41. The van der Waals surface area contributed by atoms with Gasteiger partial charge in [0.25, 0.3) is 5.91 Å². The fourth-order valence-electron chi connectivity index (χ4n) is 3.52. The minimum atomic E-state index is -3.76. The van der Waals surface area contributed by atoms with Gasteiger partial charge < -0.3 is 4.90 Å². The SMILES string of the molecule is CCCc1sc(C(=O)N2CCN(S(=O)(=O)c3ccccc3C#N)CC2)cc1CC. The number of amides is 1. The maximum Gasteiger partial charge on any atom is 0.264 e. The number of rotatable bonds is 6. The summed E-state index contributed by atoms with van der Waals surface area (Å²) < 4.78 is 27.3. The summed E-state index contributed by atoms with van der Waals surface area (Å²) in [5.41, 5.74) is 1.37. The molecule has 0 bridgehead atoms. The molecule has 1 aromatic carbocycles. The molecule has 1 aliphatic heterocycles. The Morgan fingerprint density at radius 2 is 1.86 bits per heavy atom. The quantitative estimate of drug-likeness (QED) is 0.703. The highest BCUT2D eigenvalue weighted by molar-refractivity contribution is 7.89. The molecule has 0 unspecified atom stereocenters. The van der Waals surface area contributed by atoms with Crippen molar-refractivity contribution in [2.24, 2.45) is 0 Å². The summed E-state index contributed by atoms with van der Waals surface area (Å²) in [6.07, 6.45) is 2.93. The number of benzene rings is 1. The van der Waals surface area contributed by atoms with E-state index in [0.717, 1.165) is 24.1 Å². The van der Waals surface area contributed by atoms with Crippen molar-refractivity contribution in [2.45, 2.75) is 38.0 Å². The van der Waals surface area contributed by atoms with Crippen LogP contribution in [0.15, 0.2) is 35.2 Å². The van der Waals surface area contributed by atoms with Crippen LogP contribution in [-0.2, 0) is 22.9 Å². The molecule has 0 spiro atoms. The van der Waals surface area contributed by atoms with Gasteiger partial charge >= 0.3 is 0 Å². The van der Waals surface area contributed by atoms with Gasteiger partial charge in [0, 0.05) is 31.1 Å². The first-order valence-corrected chi connectivity index (χ1v) is 12.1. The molecule has 0 aliphatic carbocycles. The molecule has 1 aromatic heterocycles. The van der Waals surface area contributed by atoms with Crippen LogP contribution in [0.5, 0.6) is 0 Å². The summed E-state index contributed by atoms with van der Waals surface area (Å²) in [6, 6.07) is 10.2. The van der Waals surface area contributed by atoms with E-state index in [9.17, 15) is 18.5 Å². The number of hydrogen-bond acceptors (Lipinski definition) is 5. The standard InChI is InChI=1S/C21H25N3O3S2/c1-3-7-18-16(4-2)14-19(28-18)21(25)23-10-12-24(13-11-23)29(26,27)20-9-6-5-8-17(20)15-22/h5-6,8-9,14H,3-4,7,10-13H2,1-2H3. The zero-order chi connectivity index (χ0) is 21.0. The Labute approximate surface area is 176 Å². The predicted molar refractivity (Wildman–Crippen MR) is 114 cm³/mol. The number of aryl methyl sites for hydroxylation is 2. The van der Waals surface area contributed by atoms with E-state index >= 15 is 0 Å². The average Bonchev–Trinajstić information content (AvgIpc) is 3.16. The number of thiophene rings is 1. The van der Waals surface area contributed by atoms with Crippen LogP contribution < -0.4 is 0 Å². The highest BCUT2D eigenvalue weighted by Crippen LogP contribution is 2.27. The molecule has 1 amide bonds. The predicted octanol–water partition coefficient (Wildman–Crippen LogP) is 3.28. The molecule has 1 fully saturated rings. The van der Waals surface area contributed by atoms with Crippen LogP contribution in [-0.4, -0.2) is 49.7 Å². The van der Waals surface area contributed by atoms with Gasteiger partial charge in [-0.3, -0.25) is 4.79 Å². The molecule has 3 rings (SSSR count). The van der Waals surface area contributed by atoms with E-state index in [-0.39, 0.29) is 29.5 Å². The van der Waals surface area contributed by atoms with Crippen LogP contribution in [0.4, 0.5) is 0 Å². The lowest BCUT2D eigenvalue weighted by Gasteiger charge is -2.33. The Balaban J connectivity index is 1.72. The highest BCUT2D eigenvalue weighted by Gasteiger charge is 2.32. The van der Waals surface area contributed by atoms with Crippen molar-refractivity contribution < 1.29 is 13.2 Å². The maximum atomic E-state index is 12.9. The molecule has 1 aliphatic rings. The van der Waals surface area contributed by atoms with Crippen molar-refractivity contribution in [3.05, 3.63) is 51.2 Å². The van der Waals surface area contributed by atoms with Crippen LogP contribution in [0.3, 0.4) is 0 Å². The van der Waals surface area contributed by atoms with Crippen molar-refractivity contribution in [3.63, 3.8) is 0 Å². The van der Waals surface area contributed by atoms with Crippen molar-refractivity contribution in [3.8, 4) is 6.07 Å². The van der Waals surface area contributed by atoms with Gasteiger partial charge in [-0.2, -0.15) is 9.57 Å². The van der Waals surface area contributed by atoms with Gasteiger partial charge in [-0.15, -0.1) is 11.3 Å². The van der Waals surface area contributed by atoms with E-state index in [1.165, 1.54) is 26.9 Å². The van der Waals surface area contributed by atoms with E-state index in [2.05, 4.69) is 13.8 Å². The first-order chi connectivity index (χ1) is 13.9. The molecule has 8 heteroatoms. The number of piperazine rings is 1. The first-order valence-electron chi connectivity index (χ1n) is 9.82. The number of carbonyl (C=O) groups is 1. The summed E-state index contributed by atoms with van der Waals surface area (Å²) in [5, 5.41) is 9.22. The van der Waals surface area contributed by atoms with E-state index < -0.39 is 10.0 Å². The van der Waals surface area contributed by atoms with Crippen LogP contribution in [0.1, 0.15) is 45.9 Å². The number of nitriles is 1. The van der Waals surface area contributed by atoms with Gasteiger partial charge in [0.15, 0.2) is 0 Å². The van der Waals surface area contributed by atoms with Crippen LogP contribution in [0.2, 0.25) is 0 Å². The lowest BCUT2D eigenvalue weighted by molar-refractivity contribution is 0.0702. The van der Waals surface area contributed by atoms with E-state index in [0.29, 0.717) is 13.1 Å². The largest absolute Gasteiger partial charge is 0.335 e. The number of carbonyl (C=O) groups excluding carboxylic acids is 1. The van der Waals surface area contributed by atoms with Crippen molar-refractivity contribution >= 4 is 27.3 Å².